The van der Waals surface area contributed by atoms with E-state index in [1.807, 2.05) is 50.2 Å². The number of rotatable bonds is 4. The number of aryl methyl sites for hydroxylation is 3. The highest BCUT2D eigenvalue weighted by Crippen LogP contribution is 2.30. The maximum atomic E-state index is 13.2. The van der Waals surface area contributed by atoms with Crippen molar-refractivity contribution in [2.24, 2.45) is 10.9 Å². The van der Waals surface area contributed by atoms with Crippen molar-refractivity contribution in [3.8, 4) is 0 Å². The lowest BCUT2D eigenvalue weighted by Gasteiger charge is -2.31. The van der Waals surface area contributed by atoms with E-state index in [1.165, 1.54) is 16.5 Å². The van der Waals surface area contributed by atoms with Crippen molar-refractivity contribution in [1.29, 1.82) is 0 Å². The Hall–Kier alpha value is -3.30. The second kappa shape index (κ2) is 9.29. The molecule has 3 amide bonds. The number of benzene rings is 2. The summed E-state index contributed by atoms with van der Waals surface area (Å²) in [5.74, 6) is -2.66. The first-order chi connectivity index (χ1) is 15.8. The van der Waals surface area contributed by atoms with Crippen molar-refractivity contribution in [1.82, 2.24) is 10.6 Å². The smallest absolute Gasteiger partial charge is 0.263 e. The van der Waals surface area contributed by atoms with Gasteiger partial charge in [-0.15, -0.1) is 0 Å². The summed E-state index contributed by atoms with van der Waals surface area (Å²) in [6.45, 7) is 5.98. The first-order valence-corrected chi connectivity index (χ1v) is 11.6. The fraction of sp³-hybridized carbons (Fsp3) is 0.208. The second-order valence-electron chi connectivity index (χ2n) is 7.74. The van der Waals surface area contributed by atoms with E-state index in [2.05, 4.69) is 22.5 Å². The van der Waals surface area contributed by atoms with Crippen LogP contribution in [0.1, 0.15) is 23.6 Å². The van der Waals surface area contributed by atoms with Gasteiger partial charge in [0.1, 0.15) is 5.92 Å². The van der Waals surface area contributed by atoms with E-state index in [0.717, 1.165) is 29.3 Å². The van der Waals surface area contributed by atoms with E-state index in [4.69, 9.17) is 12.2 Å². The number of amides is 3. The minimum absolute atomic E-state index is 0.0178. The fourth-order valence-corrected chi connectivity index (χ4v) is 4.56. The summed E-state index contributed by atoms with van der Waals surface area (Å²) in [5, 5.41) is 5.67. The van der Waals surface area contributed by atoms with Gasteiger partial charge in [-0.05, 0) is 91.3 Å². The van der Waals surface area contributed by atoms with Crippen LogP contribution in [0.4, 0.5) is 11.4 Å². The quantitative estimate of drug-likeness (QED) is 0.398. The molecule has 0 radical (unpaired) electrons. The Morgan fingerprint density at radius 3 is 2.45 bits per heavy atom. The summed E-state index contributed by atoms with van der Waals surface area (Å²) in [5.41, 5.74) is 4.53. The standard InChI is InChI=1S/C24H22N4O3S2/c1-4-15-6-8-16(9-7-15)25-23-26-21(30)19(33-23)12-18-20(29)27-24(32)28(22(18)31)17-10-5-13(2)14(3)11-17/h5-12,18H,4H2,1-3H3,(H,25,26,30)(H,27,29,32)/b19-12+/t18-/m1/s1. The first-order valence-electron chi connectivity index (χ1n) is 10.4. The van der Waals surface area contributed by atoms with Gasteiger partial charge in [-0.25, -0.2) is 4.99 Å². The number of hydrogen-bond acceptors (Lipinski definition) is 6. The predicted octanol–water partition coefficient (Wildman–Crippen LogP) is 3.66. The summed E-state index contributed by atoms with van der Waals surface area (Å²) >= 11 is 6.35. The molecule has 168 valence electrons. The summed E-state index contributed by atoms with van der Waals surface area (Å²) in [6.07, 6.45) is 2.30. The molecule has 4 rings (SSSR count). The number of thiocarbonyl (C=S) groups is 1. The number of carbonyl (C=O) groups is 3. The number of amidine groups is 1. The van der Waals surface area contributed by atoms with Gasteiger partial charge in [-0.1, -0.05) is 25.1 Å². The molecule has 2 saturated heterocycles. The van der Waals surface area contributed by atoms with Gasteiger partial charge in [0.05, 0.1) is 16.3 Å². The minimum Gasteiger partial charge on any atom is -0.301 e. The highest BCUT2D eigenvalue weighted by Gasteiger charge is 2.39. The van der Waals surface area contributed by atoms with Crippen molar-refractivity contribution >= 4 is 63.4 Å². The molecule has 2 aliphatic rings. The zero-order chi connectivity index (χ0) is 23.7. The van der Waals surface area contributed by atoms with Crippen LogP contribution in [0.3, 0.4) is 0 Å². The van der Waals surface area contributed by atoms with Crippen LogP contribution in [0.25, 0.3) is 0 Å². The van der Waals surface area contributed by atoms with Crippen molar-refractivity contribution in [3.05, 3.63) is 70.1 Å². The molecular formula is C24H22N4O3S2. The van der Waals surface area contributed by atoms with E-state index >= 15 is 0 Å². The Bertz CT molecular complexity index is 1230. The molecule has 2 fully saturated rings. The van der Waals surface area contributed by atoms with Gasteiger partial charge in [0, 0.05) is 0 Å². The van der Waals surface area contributed by atoms with E-state index in [0.29, 0.717) is 16.5 Å². The summed E-state index contributed by atoms with van der Waals surface area (Å²) in [4.78, 5) is 44.3. The van der Waals surface area contributed by atoms with Crippen LogP contribution >= 0.6 is 24.0 Å². The second-order valence-corrected chi connectivity index (χ2v) is 9.16. The molecule has 2 aromatic rings. The molecular weight excluding hydrogens is 456 g/mol. The van der Waals surface area contributed by atoms with Crippen molar-refractivity contribution < 1.29 is 14.4 Å². The topological polar surface area (TPSA) is 90.9 Å². The summed E-state index contributed by atoms with van der Waals surface area (Å²) in [7, 11) is 0. The third-order valence-corrected chi connectivity index (χ3v) is 6.71. The van der Waals surface area contributed by atoms with Crippen LogP contribution in [0.2, 0.25) is 0 Å². The fourth-order valence-electron chi connectivity index (χ4n) is 3.42. The minimum atomic E-state index is -1.19. The van der Waals surface area contributed by atoms with Gasteiger partial charge in [-0.3, -0.25) is 19.3 Å². The van der Waals surface area contributed by atoms with Crippen LogP contribution in [0.5, 0.6) is 0 Å². The third-order valence-electron chi connectivity index (χ3n) is 5.49. The van der Waals surface area contributed by atoms with E-state index in [1.54, 1.807) is 6.07 Å². The van der Waals surface area contributed by atoms with E-state index in [-0.39, 0.29) is 10.0 Å². The van der Waals surface area contributed by atoms with Crippen molar-refractivity contribution in [3.63, 3.8) is 0 Å². The Morgan fingerprint density at radius 1 is 1.06 bits per heavy atom. The van der Waals surface area contributed by atoms with Gasteiger partial charge < -0.3 is 10.6 Å². The van der Waals surface area contributed by atoms with Gasteiger partial charge in [0.2, 0.25) is 11.8 Å². The highest BCUT2D eigenvalue weighted by atomic mass is 32.2. The molecule has 1 atom stereocenters. The molecule has 0 aromatic heterocycles. The maximum Gasteiger partial charge on any atom is 0.263 e. The highest BCUT2D eigenvalue weighted by molar-refractivity contribution is 8.18. The monoisotopic (exact) mass is 478 g/mol. The molecule has 2 aliphatic heterocycles. The predicted molar refractivity (Wildman–Crippen MR) is 134 cm³/mol. The Balaban J connectivity index is 1.58. The summed E-state index contributed by atoms with van der Waals surface area (Å²) in [6, 6.07) is 13.2. The number of anilines is 1. The molecule has 2 heterocycles. The van der Waals surface area contributed by atoms with Crippen molar-refractivity contribution in [2.45, 2.75) is 27.2 Å². The zero-order valence-electron chi connectivity index (χ0n) is 18.3. The largest absolute Gasteiger partial charge is 0.301 e. The van der Waals surface area contributed by atoms with Crippen LogP contribution in [-0.2, 0) is 20.8 Å². The Morgan fingerprint density at radius 2 is 1.79 bits per heavy atom. The molecule has 0 aliphatic carbocycles. The Kier molecular flexibility index (Phi) is 6.44. The molecule has 33 heavy (non-hydrogen) atoms. The average molecular weight is 479 g/mol. The number of carbonyl (C=O) groups excluding carboxylic acids is 3. The molecule has 2 aromatic carbocycles. The maximum absolute atomic E-state index is 13.2. The molecule has 0 bridgehead atoms. The molecule has 9 heteroatoms. The van der Waals surface area contributed by atoms with Crippen LogP contribution < -0.4 is 15.5 Å². The van der Waals surface area contributed by atoms with Gasteiger partial charge >= 0.3 is 0 Å². The lowest BCUT2D eigenvalue weighted by Crippen LogP contribution is -2.57. The SMILES string of the molecule is CCc1ccc(N=C2NC(=O)/C(=C\[C@@H]3C(=O)NC(=S)N(c4ccc(C)c(C)c4)C3=O)S2)cc1. The average Bonchev–Trinajstić information content (AvgIpc) is 3.12. The van der Waals surface area contributed by atoms with Crippen LogP contribution in [-0.4, -0.2) is 28.0 Å². The molecule has 0 spiro atoms. The van der Waals surface area contributed by atoms with E-state index < -0.39 is 23.6 Å². The van der Waals surface area contributed by atoms with E-state index in [9.17, 15) is 14.4 Å². The van der Waals surface area contributed by atoms with Crippen LogP contribution in [0.15, 0.2) is 58.4 Å². The molecule has 2 N–H and O–H groups in total. The van der Waals surface area contributed by atoms with Gasteiger partial charge in [-0.2, -0.15) is 0 Å². The summed E-state index contributed by atoms with van der Waals surface area (Å²) < 4.78 is 0. The molecule has 7 nitrogen and oxygen atoms in total. The number of nitrogens with zero attached hydrogens (tertiary/aromatic N) is 2. The third kappa shape index (κ3) is 4.74. The number of aliphatic imine (C=N–C) groups is 1. The van der Waals surface area contributed by atoms with Crippen molar-refractivity contribution in [2.75, 3.05) is 4.90 Å². The Labute approximate surface area is 201 Å². The number of thioether (sulfide) groups is 1. The lowest BCUT2D eigenvalue weighted by atomic mass is 10.0. The lowest BCUT2D eigenvalue weighted by molar-refractivity contribution is -0.131. The molecule has 0 saturated carbocycles. The first kappa shape index (κ1) is 22.9. The number of hydrogen-bond donors (Lipinski definition) is 2. The molecule has 0 unspecified atom stereocenters. The van der Waals surface area contributed by atoms with Crippen LogP contribution in [0, 0.1) is 19.8 Å². The van der Waals surface area contributed by atoms with Gasteiger partial charge in [0.25, 0.3) is 5.91 Å². The zero-order valence-corrected chi connectivity index (χ0v) is 20.0. The number of nitrogens with one attached hydrogen (secondary N) is 2. The normalized spacial score (nSPS) is 21.1. The van der Waals surface area contributed by atoms with Gasteiger partial charge in [0.15, 0.2) is 10.3 Å².